The van der Waals surface area contributed by atoms with E-state index in [0.29, 0.717) is 12.5 Å². The highest BCUT2D eigenvalue weighted by Gasteiger charge is 2.26. The molecule has 154 valence electrons. The molecule has 1 saturated heterocycles. The zero-order chi connectivity index (χ0) is 20.5. The lowest BCUT2D eigenvalue weighted by atomic mass is 10.0. The molecule has 4 nitrogen and oxygen atoms in total. The van der Waals surface area contributed by atoms with Gasteiger partial charge in [-0.15, -0.1) is 0 Å². The minimum atomic E-state index is 0.107. The predicted octanol–water partition coefficient (Wildman–Crippen LogP) is 2.80. The number of piperazine rings is 1. The van der Waals surface area contributed by atoms with Crippen molar-refractivity contribution in [2.45, 2.75) is 38.9 Å². The van der Waals surface area contributed by atoms with Gasteiger partial charge in [0.25, 0.3) is 0 Å². The molecule has 0 bridgehead atoms. The lowest BCUT2D eigenvalue weighted by Gasteiger charge is -2.41. The molecule has 29 heavy (non-hydrogen) atoms. The van der Waals surface area contributed by atoms with Crippen LogP contribution in [0.25, 0.3) is 0 Å². The molecular weight excluding hydrogens is 360 g/mol. The normalized spacial score (nSPS) is 17.7. The van der Waals surface area contributed by atoms with Crippen molar-refractivity contribution in [3.63, 3.8) is 0 Å². The van der Waals surface area contributed by atoms with Gasteiger partial charge in [0.2, 0.25) is 0 Å². The number of hydrogen-bond donors (Lipinski definition) is 2. The van der Waals surface area contributed by atoms with Crippen molar-refractivity contribution in [1.29, 1.82) is 0 Å². The summed E-state index contributed by atoms with van der Waals surface area (Å²) in [5, 5.41) is 18.4. The van der Waals surface area contributed by atoms with Gasteiger partial charge in [0, 0.05) is 57.4 Å². The van der Waals surface area contributed by atoms with Crippen LogP contribution in [0.5, 0.6) is 0 Å². The van der Waals surface area contributed by atoms with E-state index in [2.05, 4.69) is 77.1 Å². The van der Waals surface area contributed by atoms with E-state index < -0.39 is 0 Å². The molecule has 2 N–H and O–H groups in total. The number of hydrogen-bond acceptors (Lipinski definition) is 4. The van der Waals surface area contributed by atoms with Crippen LogP contribution in [0.2, 0.25) is 0 Å². The average molecular weight is 393 g/mol. The van der Waals surface area contributed by atoms with Crippen LogP contribution in [0.15, 0.2) is 48.5 Å². The van der Waals surface area contributed by atoms with Crippen LogP contribution in [0.4, 0.5) is 0 Å². The van der Waals surface area contributed by atoms with Crippen molar-refractivity contribution in [2.75, 3.05) is 32.8 Å². The van der Waals surface area contributed by atoms with Crippen LogP contribution in [-0.2, 0) is 13.1 Å². The van der Waals surface area contributed by atoms with Crippen molar-refractivity contribution >= 4 is 0 Å². The van der Waals surface area contributed by atoms with Gasteiger partial charge in [-0.2, -0.15) is 0 Å². The topological polar surface area (TPSA) is 46.9 Å². The van der Waals surface area contributed by atoms with Crippen molar-refractivity contribution in [1.82, 2.24) is 9.80 Å². The molecule has 0 aromatic heterocycles. The van der Waals surface area contributed by atoms with Gasteiger partial charge in [-0.1, -0.05) is 48.2 Å². The van der Waals surface area contributed by atoms with Crippen LogP contribution >= 0.6 is 0 Å². The Hall–Kier alpha value is -2.16. The van der Waals surface area contributed by atoms with E-state index in [-0.39, 0.29) is 13.2 Å². The van der Waals surface area contributed by atoms with Gasteiger partial charge in [0.15, 0.2) is 0 Å². The maximum atomic E-state index is 9.58. The second-order valence-electron chi connectivity index (χ2n) is 7.77. The SMILES string of the molecule is Cc1ccccc1CN1CCN(Cc2ccc(C#CCCO)cc2)C[C@@H]1CCO. The molecule has 3 rings (SSSR count). The molecule has 1 heterocycles. The van der Waals surface area contributed by atoms with E-state index in [1.54, 1.807) is 0 Å². The summed E-state index contributed by atoms with van der Waals surface area (Å²) in [5.41, 5.74) is 4.98. The van der Waals surface area contributed by atoms with Crippen LogP contribution < -0.4 is 0 Å². The second kappa shape index (κ2) is 11.1. The largest absolute Gasteiger partial charge is 0.396 e. The molecule has 0 amide bonds. The molecule has 0 aliphatic carbocycles. The number of benzene rings is 2. The van der Waals surface area contributed by atoms with Crippen molar-refractivity contribution in [3.05, 3.63) is 70.8 Å². The van der Waals surface area contributed by atoms with Crippen molar-refractivity contribution in [2.24, 2.45) is 0 Å². The zero-order valence-electron chi connectivity index (χ0n) is 17.3. The molecule has 1 aliphatic heterocycles. The minimum Gasteiger partial charge on any atom is -0.396 e. The van der Waals surface area contributed by atoms with Crippen LogP contribution in [0, 0.1) is 18.8 Å². The number of nitrogens with zero attached hydrogens (tertiary/aromatic N) is 2. The summed E-state index contributed by atoms with van der Waals surface area (Å²) in [6, 6.07) is 17.3. The fourth-order valence-corrected chi connectivity index (χ4v) is 3.91. The molecule has 1 fully saturated rings. The third kappa shape index (κ3) is 6.42. The summed E-state index contributed by atoms with van der Waals surface area (Å²) in [4.78, 5) is 5.01. The van der Waals surface area contributed by atoms with Gasteiger partial charge < -0.3 is 10.2 Å². The summed E-state index contributed by atoms with van der Waals surface area (Å²) in [7, 11) is 0. The predicted molar refractivity (Wildman–Crippen MR) is 117 cm³/mol. The quantitative estimate of drug-likeness (QED) is 0.712. The van der Waals surface area contributed by atoms with E-state index >= 15 is 0 Å². The van der Waals surface area contributed by atoms with E-state index in [4.69, 9.17) is 5.11 Å². The van der Waals surface area contributed by atoms with Gasteiger partial charge in [0.05, 0.1) is 6.61 Å². The smallest absolute Gasteiger partial charge is 0.0540 e. The lowest BCUT2D eigenvalue weighted by molar-refractivity contribution is 0.0498. The van der Waals surface area contributed by atoms with E-state index in [0.717, 1.165) is 44.7 Å². The first-order valence-electron chi connectivity index (χ1n) is 10.5. The molecule has 0 radical (unpaired) electrons. The number of aliphatic hydroxyl groups is 2. The number of rotatable bonds is 7. The first-order chi connectivity index (χ1) is 14.2. The zero-order valence-corrected chi connectivity index (χ0v) is 17.3. The third-order valence-electron chi connectivity index (χ3n) is 5.62. The van der Waals surface area contributed by atoms with Gasteiger partial charge in [0.1, 0.15) is 0 Å². The van der Waals surface area contributed by atoms with Crippen LogP contribution in [-0.4, -0.2) is 58.9 Å². The van der Waals surface area contributed by atoms with Gasteiger partial charge >= 0.3 is 0 Å². The molecule has 1 atom stereocenters. The molecule has 0 spiro atoms. The Morgan fingerprint density at radius 1 is 0.966 bits per heavy atom. The van der Waals surface area contributed by atoms with Crippen molar-refractivity contribution in [3.8, 4) is 11.8 Å². The molecular formula is C25H32N2O2. The maximum Gasteiger partial charge on any atom is 0.0540 e. The van der Waals surface area contributed by atoms with Crippen LogP contribution in [0.1, 0.15) is 35.1 Å². The standard InChI is InChI=1S/C25H32N2O2/c1-21-6-2-3-8-24(21)19-27-15-14-26(20-25(27)13-17-29)18-23-11-9-22(10-12-23)7-4-5-16-28/h2-3,6,8-12,25,28-29H,5,13-20H2,1H3/t25-/m0/s1. The Morgan fingerprint density at radius 2 is 1.76 bits per heavy atom. The highest BCUT2D eigenvalue weighted by molar-refractivity contribution is 5.36. The van der Waals surface area contributed by atoms with Crippen molar-refractivity contribution < 1.29 is 10.2 Å². The molecule has 2 aromatic carbocycles. The Balaban J connectivity index is 1.59. The van der Waals surface area contributed by atoms with Gasteiger partial charge in [-0.3, -0.25) is 9.80 Å². The van der Waals surface area contributed by atoms with Gasteiger partial charge in [-0.05, 0) is 42.2 Å². The van der Waals surface area contributed by atoms with E-state index in [1.165, 1.54) is 16.7 Å². The fourth-order valence-electron chi connectivity index (χ4n) is 3.91. The first kappa shape index (κ1) is 21.5. The third-order valence-corrected chi connectivity index (χ3v) is 5.62. The Bertz CT molecular complexity index is 823. The fraction of sp³-hybridized carbons (Fsp3) is 0.440. The van der Waals surface area contributed by atoms with E-state index in [9.17, 15) is 5.11 Å². The summed E-state index contributed by atoms with van der Waals surface area (Å²) in [6.07, 6.45) is 1.32. The lowest BCUT2D eigenvalue weighted by Crippen LogP contribution is -2.52. The minimum absolute atomic E-state index is 0.107. The highest BCUT2D eigenvalue weighted by atomic mass is 16.3. The Kier molecular flexibility index (Phi) is 8.27. The van der Waals surface area contributed by atoms with E-state index in [1.807, 2.05) is 0 Å². The Labute approximate surface area is 174 Å². The number of aryl methyl sites for hydroxylation is 1. The Morgan fingerprint density at radius 3 is 2.48 bits per heavy atom. The molecule has 1 aliphatic rings. The summed E-state index contributed by atoms with van der Waals surface area (Å²) >= 11 is 0. The molecule has 4 heteroatoms. The summed E-state index contributed by atoms with van der Waals surface area (Å²) < 4.78 is 0. The number of aliphatic hydroxyl groups excluding tert-OH is 2. The summed E-state index contributed by atoms with van der Waals surface area (Å²) in [6.45, 7) is 7.40. The monoisotopic (exact) mass is 392 g/mol. The second-order valence-corrected chi connectivity index (χ2v) is 7.77. The first-order valence-corrected chi connectivity index (χ1v) is 10.5. The summed E-state index contributed by atoms with van der Waals surface area (Å²) in [5.74, 6) is 6.04. The van der Waals surface area contributed by atoms with Gasteiger partial charge in [-0.25, -0.2) is 0 Å². The highest BCUT2D eigenvalue weighted by Crippen LogP contribution is 2.20. The molecule has 2 aromatic rings. The molecule has 0 unspecified atom stereocenters. The maximum absolute atomic E-state index is 9.58. The average Bonchev–Trinajstić information content (AvgIpc) is 2.73. The van der Waals surface area contributed by atoms with Crippen LogP contribution in [0.3, 0.4) is 0 Å². The molecule has 0 saturated carbocycles.